The Morgan fingerprint density at radius 1 is 1.31 bits per heavy atom. The van der Waals surface area contributed by atoms with E-state index in [1.165, 1.54) is 4.46 Å². The van der Waals surface area contributed by atoms with E-state index < -0.39 is 0 Å². The van der Waals surface area contributed by atoms with Gasteiger partial charge in [0.15, 0.2) is 0 Å². The number of hydrogen-bond acceptors (Lipinski definition) is 2. The van der Waals surface area contributed by atoms with E-state index in [0.717, 1.165) is 5.32 Å². The fourth-order valence-electron chi connectivity index (χ4n) is 1.19. The van der Waals surface area contributed by atoms with Crippen molar-refractivity contribution in [2.45, 2.75) is 18.5 Å². The van der Waals surface area contributed by atoms with E-state index in [4.69, 9.17) is 9.47 Å². The summed E-state index contributed by atoms with van der Waals surface area (Å²) in [6, 6.07) is 10.5. The van der Waals surface area contributed by atoms with E-state index >= 15 is 0 Å². The van der Waals surface area contributed by atoms with Crippen LogP contribution in [-0.2, 0) is 9.47 Å². The molecule has 0 saturated carbocycles. The first-order valence-electron chi connectivity index (χ1n) is 5.38. The van der Waals surface area contributed by atoms with Gasteiger partial charge in [0.25, 0.3) is 0 Å². The second kappa shape index (κ2) is 8.54. The van der Waals surface area contributed by atoms with Crippen LogP contribution in [0, 0.1) is 0 Å². The van der Waals surface area contributed by atoms with Crippen LogP contribution in [0.5, 0.6) is 0 Å². The van der Waals surface area contributed by atoms with Crippen molar-refractivity contribution in [2.24, 2.45) is 0 Å². The molecule has 0 aliphatic carbocycles. The number of benzene rings is 1. The van der Waals surface area contributed by atoms with Crippen molar-refractivity contribution >= 4 is 19.4 Å². The van der Waals surface area contributed by atoms with E-state index in [-0.39, 0.29) is 6.29 Å². The second-order valence-electron chi connectivity index (χ2n) is 3.13. The maximum absolute atomic E-state index is 5.53. The molecule has 0 amide bonds. The molecule has 1 aromatic carbocycles. The molecule has 1 atom stereocenters. The van der Waals surface area contributed by atoms with E-state index in [1.54, 1.807) is 6.08 Å². The first-order valence-corrected chi connectivity index (χ1v) is 7.45. The molecule has 0 aliphatic heterocycles. The minimum atomic E-state index is -0.0943. The Morgan fingerprint density at radius 3 is 2.69 bits per heavy atom. The van der Waals surface area contributed by atoms with E-state index in [0.29, 0.717) is 28.2 Å². The van der Waals surface area contributed by atoms with Gasteiger partial charge in [-0.2, -0.15) is 0 Å². The molecule has 1 rings (SSSR count). The van der Waals surface area contributed by atoms with Gasteiger partial charge in [0.05, 0.1) is 0 Å². The zero-order valence-electron chi connectivity index (χ0n) is 9.59. The topological polar surface area (TPSA) is 18.5 Å². The third-order valence-corrected chi connectivity index (χ3v) is 4.07. The van der Waals surface area contributed by atoms with Crippen LogP contribution < -0.4 is 4.46 Å². The quantitative estimate of drug-likeness (QED) is 0.413. The molecule has 16 heavy (non-hydrogen) atoms. The summed E-state index contributed by atoms with van der Waals surface area (Å²) >= 11 is 0.405. The van der Waals surface area contributed by atoms with Crippen molar-refractivity contribution in [1.82, 2.24) is 0 Å². The van der Waals surface area contributed by atoms with Crippen molar-refractivity contribution in [3.63, 3.8) is 0 Å². The third kappa shape index (κ3) is 5.47. The van der Waals surface area contributed by atoms with Gasteiger partial charge in [-0.15, -0.1) is 0 Å². The van der Waals surface area contributed by atoms with Crippen LogP contribution >= 0.6 is 0 Å². The van der Waals surface area contributed by atoms with Gasteiger partial charge >= 0.3 is 104 Å². The molecule has 0 aromatic heterocycles. The molecule has 1 aromatic rings. The van der Waals surface area contributed by atoms with E-state index in [1.807, 2.05) is 13.0 Å². The molecule has 0 aliphatic rings. The summed E-state index contributed by atoms with van der Waals surface area (Å²) in [6.45, 7) is 6.86. The van der Waals surface area contributed by atoms with Crippen LogP contribution in [-0.4, -0.2) is 34.5 Å². The fourth-order valence-corrected chi connectivity index (χ4v) is 3.01. The molecule has 1 unspecified atom stereocenters. The molecule has 3 heteroatoms. The van der Waals surface area contributed by atoms with Gasteiger partial charge in [-0.25, -0.2) is 0 Å². The molecule has 0 heterocycles. The van der Waals surface area contributed by atoms with Gasteiger partial charge in [0, 0.05) is 0 Å². The van der Waals surface area contributed by atoms with Crippen molar-refractivity contribution < 1.29 is 9.47 Å². The van der Waals surface area contributed by atoms with Crippen LogP contribution in [0.25, 0.3) is 0 Å². The molecule has 88 valence electrons. The van der Waals surface area contributed by atoms with Crippen molar-refractivity contribution in [3.05, 3.63) is 43.0 Å². The van der Waals surface area contributed by atoms with Crippen LogP contribution in [0.4, 0.5) is 0 Å². The van der Waals surface area contributed by atoms with Gasteiger partial charge in [-0.1, -0.05) is 0 Å². The monoisotopic (exact) mass is 286 g/mol. The molecule has 0 radical (unpaired) electrons. The summed E-state index contributed by atoms with van der Waals surface area (Å²) in [7, 11) is 0. The first kappa shape index (κ1) is 13.5. The van der Waals surface area contributed by atoms with Gasteiger partial charge in [-0.05, 0) is 0 Å². The standard InChI is InChI=1S/C13H18O2Se/c1-3-10-15-13(14-4-2)11-16-12-8-6-5-7-9-12/h3,5-9,13H,1,4,10-11H2,2H3. The number of ether oxygens (including phenoxy) is 2. The molecule has 0 fully saturated rings. The molecule has 0 N–H and O–H groups in total. The summed E-state index contributed by atoms with van der Waals surface area (Å²) in [4.78, 5) is 0. The average Bonchev–Trinajstić information content (AvgIpc) is 2.34. The number of rotatable bonds is 8. The summed E-state index contributed by atoms with van der Waals surface area (Å²) in [5.41, 5.74) is 0. The second-order valence-corrected chi connectivity index (χ2v) is 5.43. The van der Waals surface area contributed by atoms with Crippen LogP contribution in [0.1, 0.15) is 6.92 Å². The Bertz CT molecular complexity index is 287. The molecule has 0 spiro atoms. The zero-order chi connectivity index (χ0) is 11.6. The maximum atomic E-state index is 5.53. The van der Waals surface area contributed by atoms with Gasteiger partial charge in [-0.3, -0.25) is 0 Å². The van der Waals surface area contributed by atoms with E-state index in [2.05, 4.69) is 30.8 Å². The Kier molecular flexibility index (Phi) is 7.19. The molecule has 0 bridgehead atoms. The summed E-state index contributed by atoms with van der Waals surface area (Å²) in [5, 5.41) is 0.943. The number of hydrogen-bond donors (Lipinski definition) is 0. The van der Waals surface area contributed by atoms with Crippen molar-refractivity contribution in [2.75, 3.05) is 13.2 Å². The van der Waals surface area contributed by atoms with Crippen molar-refractivity contribution in [3.8, 4) is 0 Å². The van der Waals surface area contributed by atoms with Crippen LogP contribution in [0.15, 0.2) is 43.0 Å². The summed E-state index contributed by atoms with van der Waals surface area (Å²) in [6.07, 6.45) is 1.66. The zero-order valence-corrected chi connectivity index (χ0v) is 11.3. The van der Waals surface area contributed by atoms with Gasteiger partial charge in [0.1, 0.15) is 0 Å². The molecular weight excluding hydrogens is 267 g/mol. The molecular formula is C13H18O2Se. The predicted octanol–water partition coefficient (Wildman–Crippen LogP) is 2.00. The Labute approximate surface area is 104 Å². The van der Waals surface area contributed by atoms with Crippen molar-refractivity contribution in [1.29, 1.82) is 0 Å². The van der Waals surface area contributed by atoms with Crippen LogP contribution in [0.3, 0.4) is 0 Å². The Hall–Kier alpha value is -0.601. The minimum absolute atomic E-state index is 0.0943. The summed E-state index contributed by atoms with van der Waals surface area (Å²) in [5.74, 6) is 0. The Balaban J connectivity index is 2.34. The SMILES string of the molecule is C=CCOC(C[Se]c1ccccc1)OCC. The third-order valence-electron chi connectivity index (χ3n) is 1.88. The van der Waals surface area contributed by atoms with Gasteiger partial charge < -0.3 is 0 Å². The fraction of sp³-hybridized carbons (Fsp3) is 0.385. The van der Waals surface area contributed by atoms with Gasteiger partial charge in [0.2, 0.25) is 0 Å². The molecule has 0 saturated heterocycles. The van der Waals surface area contributed by atoms with E-state index in [9.17, 15) is 0 Å². The van der Waals surface area contributed by atoms with Crippen LogP contribution in [0.2, 0.25) is 5.32 Å². The summed E-state index contributed by atoms with van der Waals surface area (Å²) < 4.78 is 12.4. The average molecular weight is 285 g/mol. The predicted molar refractivity (Wildman–Crippen MR) is 68.2 cm³/mol. The normalized spacial score (nSPS) is 12.3. The Morgan fingerprint density at radius 2 is 2.06 bits per heavy atom. The first-order chi connectivity index (χ1) is 7.86. The molecule has 2 nitrogen and oxygen atoms in total.